The lowest BCUT2D eigenvalue weighted by molar-refractivity contribution is 0.0990. The number of benzene rings is 3. The summed E-state index contributed by atoms with van der Waals surface area (Å²) in [6.45, 7) is 0.350. The zero-order valence-electron chi connectivity index (χ0n) is 19.4. The Morgan fingerprint density at radius 2 is 1.56 bits per heavy atom. The van der Waals surface area contributed by atoms with Gasteiger partial charge in [0, 0.05) is 25.3 Å². The van der Waals surface area contributed by atoms with E-state index in [4.69, 9.17) is 14.2 Å². The van der Waals surface area contributed by atoms with Crippen molar-refractivity contribution in [3.8, 4) is 17.2 Å². The van der Waals surface area contributed by atoms with E-state index in [9.17, 15) is 13.2 Å². The maximum absolute atomic E-state index is 13.5. The minimum absolute atomic E-state index is 0.0223. The van der Waals surface area contributed by atoms with Crippen LogP contribution in [-0.4, -0.2) is 49.2 Å². The molecule has 1 heterocycles. The van der Waals surface area contributed by atoms with E-state index >= 15 is 0 Å². The first-order chi connectivity index (χ1) is 16.3. The maximum atomic E-state index is 13.5. The predicted molar refractivity (Wildman–Crippen MR) is 130 cm³/mol. The lowest BCUT2D eigenvalue weighted by atomic mass is 10.1. The molecule has 9 heteroatoms. The Hall–Kier alpha value is -3.72. The van der Waals surface area contributed by atoms with Crippen molar-refractivity contribution in [2.45, 2.75) is 11.3 Å². The van der Waals surface area contributed by atoms with Crippen LogP contribution in [0.5, 0.6) is 17.2 Å². The van der Waals surface area contributed by atoms with Crippen molar-refractivity contribution in [2.24, 2.45) is 0 Å². The third kappa shape index (κ3) is 4.03. The van der Waals surface area contributed by atoms with Gasteiger partial charge >= 0.3 is 0 Å². The van der Waals surface area contributed by atoms with E-state index in [1.807, 2.05) is 18.2 Å². The molecule has 1 aliphatic rings. The van der Waals surface area contributed by atoms with E-state index in [1.54, 1.807) is 31.3 Å². The minimum Gasteiger partial charge on any atom is -0.496 e. The van der Waals surface area contributed by atoms with Crippen LogP contribution in [0.25, 0.3) is 0 Å². The molecule has 0 N–H and O–H groups in total. The van der Waals surface area contributed by atoms with Crippen LogP contribution in [0.15, 0.2) is 65.6 Å². The highest BCUT2D eigenvalue weighted by Gasteiger charge is 2.32. The van der Waals surface area contributed by atoms with Crippen molar-refractivity contribution < 1.29 is 27.4 Å². The largest absolute Gasteiger partial charge is 0.496 e. The van der Waals surface area contributed by atoms with Gasteiger partial charge in [-0.2, -0.15) is 0 Å². The minimum atomic E-state index is -3.87. The van der Waals surface area contributed by atoms with Crippen molar-refractivity contribution in [3.05, 3.63) is 71.8 Å². The van der Waals surface area contributed by atoms with Gasteiger partial charge in [0.05, 0.1) is 37.5 Å². The van der Waals surface area contributed by atoms with E-state index < -0.39 is 15.9 Å². The van der Waals surface area contributed by atoms with Gasteiger partial charge in [0.1, 0.15) is 5.75 Å². The molecule has 3 aromatic rings. The van der Waals surface area contributed by atoms with Crippen LogP contribution in [0, 0.1) is 0 Å². The lowest BCUT2D eigenvalue weighted by Gasteiger charge is -2.22. The number of hydrogen-bond donors (Lipinski definition) is 0. The Balaban J connectivity index is 1.71. The summed E-state index contributed by atoms with van der Waals surface area (Å²) in [6.07, 6.45) is 0.638. The summed E-state index contributed by atoms with van der Waals surface area (Å²) in [5.41, 5.74) is 2.32. The average molecular weight is 483 g/mol. The molecule has 0 radical (unpaired) electrons. The van der Waals surface area contributed by atoms with Crippen molar-refractivity contribution in [3.63, 3.8) is 0 Å². The second-order valence-corrected chi connectivity index (χ2v) is 9.58. The zero-order chi connectivity index (χ0) is 24.5. The summed E-state index contributed by atoms with van der Waals surface area (Å²) in [4.78, 5) is 14.9. The number of nitrogens with zero attached hydrogens (tertiary/aromatic N) is 2. The number of anilines is 2. The van der Waals surface area contributed by atoms with Crippen molar-refractivity contribution >= 4 is 27.3 Å². The number of rotatable bonds is 7. The first kappa shape index (κ1) is 23.4. The third-order valence-corrected chi connectivity index (χ3v) is 7.70. The summed E-state index contributed by atoms with van der Waals surface area (Å²) < 4.78 is 44.4. The fraction of sp³-hybridized carbons (Fsp3) is 0.240. The standard InChI is InChI=1S/C25H26N2O6S/c1-26(18-9-11-23(32-3)24(15-18)33-4)25(28)20-16-19(10-12-22(20)31-2)34(29,30)27-14-13-17-7-5-6-8-21(17)27/h5-12,15-16H,13-14H2,1-4H3. The number of methoxy groups -OCH3 is 3. The molecule has 3 aromatic carbocycles. The van der Waals surface area contributed by atoms with E-state index in [0.29, 0.717) is 35.8 Å². The summed E-state index contributed by atoms with van der Waals surface area (Å²) >= 11 is 0. The average Bonchev–Trinajstić information content (AvgIpc) is 3.32. The van der Waals surface area contributed by atoms with Gasteiger partial charge in [-0.25, -0.2) is 8.42 Å². The van der Waals surface area contributed by atoms with E-state index in [2.05, 4.69) is 0 Å². The van der Waals surface area contributed by atoms with Gasteiger partial charge in [-0.05, 0) is 48.4 Å². The SMILES string of the molecule is COc1ccc(N(C)C(=O)c2cc(S(=O)(=O)N3CCc4ccccc43)ccc2OC)cc1OC. The van der Waals surface area contributed by atoms with Gasteiger partial charge in [-0.3, -0.25) is 9.10 Å². The molecule has 0 unspecified atom stereocenters. The van der Waals surface area contributed by atoms with Crippen LogP contribution in [0.3, 0.4) is 0 Å². The van der Waals surface area contributed by atoms with Gasteiger partial charge in [0.2, 0.25) is 0 Å². The van der Waals surface area contributed by atoms with Crippen LogP contribution in [0.2, 0.25) is 0 Å². The summed E-state index contributed by atoms with van der Waals surface area (Å²) in [6, 6.07) is 16.8. The third-order valence-electron chi connectivity index (χ3n) is 5.89. The molecular weight excluding hydrogens is 456 g/mol. The number of carbonyl (C=O) groups is 1. The quantitative estimate of drug-likeness (QED) is 0.510. The Kier molecular flexibility index (Phi) is 6.39. The summed E-state index contributed by atoms with van der Waals surface area (Å²) in [7, 11) is 2.20. The summed E-state index contributed by atoms with van der Waals surface area (Å²) in [5.74, 6) is 0.848. The molecule has 8 nitrogen and oxygen atoms in total. The monoisotopic (exact) mass is 482 g/mol. The molecule has 0 spiro atoms. The molecule has 178 valence electrons. The molecule has 0 atom stereocenters. The molecule has 0 saturated heterocycles. The number of sulfonamides is 1. The molecule has 0 aromatic heterocycles. The molecule has 4 rings (SSSR count). The van der Waals surface area contributed by atoms with Gasteiger partial charge in [-0.15, -0.1) is 0 Å². The van der Waals surface area contributed by atoms with Crippen LogP contribution in [0.1, 0.15) is 15.9 Å². The number of amides is 1. The van der Waals surface area contributed by atoms with Crippen LogP contribution < -0.4 is 23.4 Å². The first-order valence-corrected chi connectivity index (χ1v) is 12.0. The Morgan fingerprint density at radius 1 is 0.882 bits per heavy atom. The number of carbonyl (C=O) groups excluding carboxylic acids is 1. The smallest absolute Gasteiger partial charge is 0.264 e. The fourth-order valence-electron chi connectivity index (χ4n) is 4.03. The maximum Gasteiger partial charge on any atom is 0.264 e. The number of hydrogen-bond acceptors (Lipinski definition) is 6. The molecule has 1 amide bonds. The number of para-hydroxylation sites is 1. The fourth-order valence-corrected chi connectivity index (χ4v) is 5.56. The number of fused-ring (bicyclic) bond motifs is 1. The highest BCUT2D eigenvalue weighted by atomic mass is 32.2. The van der Waals surface area contributed by atoms with Gasteiger partial charge in [0.25, 0.3) is 15.9 Å². The van der Waals surface area contributed by atoms with E-state index in [-0.39, 0.29) is 16.2 Å². The highest BCUT2D eigenvalue weighted by Crippen LogP contribution is 2.35. The highest BCUT2D eigenvalue weighted by molar-refractivity contribution is 7.92. The Bertz CT molecular complexity index is 1340. The Labute approximate surface area is 199 Å². The Morgan fingerprint density at radius 3 is 2.26 bits per heavy atom. The summed E-state index contributed by atoms with van der Waals surface area (Å²) in [5, 5.41) is 0. The van der Waals surface area contributed by atoms with Crippen LogP contribution in [-0.2, 0) is 16.4 Å². The molecular formula is C25H26N2O6S. The zero-order valence-corrected chi connectivity index (χ0v) is 20.3. The van der Waals surface area contributed by atoms with Crippen molar-refractivity contribution in [1.82, 2.24) is 0 Å². The normalized spacial score (nSPS) is 12.8. The van der Waals surface area contributed by atoms with Crippen LogP contribution >= 0.6 is 0 Å². The molecule has 0 aliphatic carbocycles. The molecule has 1 aliphatic heterocycles. The molecule has 0 fully saturated rings. The number of ether oxygens (including phenoxy) is 3. The van der Waals surface area contributed by atoms with Crippen LogP contribution in [0.4, 0.5) is 11.4 Å². The van der Waals surface area contributed by atoms with Gasteiger partial charge < -0.3 is 19.1 Å². The van der Waals surface area contributed by atoms with Gasteiger partial charge in [0.15, 0.2) is 11.5 Å². The van der Waals surface area contributed by atoms with Crippen molar-refractivity contribution in [2.75, 3.05) is 44.1 Å². The topological polar surface area (TPSA) is 85.4 Å². The van der Waals surface area contributed by atoms with E-state index in [0.717, 1.165) is 5.56 Å². The second-order valence-electron chi connectivity index (χ2n) is 7.72. The first-order valence-electron chi connectivity index (χ1n) is 10.6. The second kappa shape index (κ2) is 9.26. The molecule has 0 bridgehead atoms. The van der Waals surface area contributed by atoms with Crippen molar-refractivity contribution in [1.29, 1.82) is 0 Å². The van der Waals surface area contributed by atoms with E-state index in [1.165, 1.54) is 48.7 Å². The molecule has 0 saturated carbocycles. The predicted octanol–water partition coefficient (Wildman–Crippen LogP) is 3.74. The molecule has 34 heavy (non-hydrogen) atoms. The lowest BCUT2D eigenvalue weighted by Crippen LogP contribution is -2.30. The van der Waals surface area contributed by atoms with Gasteiger partial charge in [-0.1, -0.05) is 18.2 Å².